The first-order valence-corrected chi connectivity index (χ1v) is 14.0. The second kappa shape index (κ2) is 13.9. The number of esters is 1. The fourth-order valence-electron chi connectivity index (χ4n) is 3.88. The fraction of sp³-hybridized carbons (Fsp3) is 0.172. The van der Waals surface area contributed by atoms with Crippen LogP contribution < -0.4 is 29.6 Å². The van der Waals surface area contributed by atoms with Crippen LogP contribution in [0.3, 0.4) is 0 Å². The molecule has 0 saturated carbocycles. The maximum absolute atomic E-state index is 12.3. The van der Waals surface area contributed by atoms with Crippen LogP contribution in [-0.4, -0.2) is 20.3 Å². The molecule has 1 amide bonds. The molecule has 190 valence electrons. The molecule has 0 aliphatic carbocycles. The SMILES string of the molecule is Cc1cccc(CC(=O)OCc2ccc(-c3ccccc3CCC(=O)[N-]S(=O)(=O)c3cccs3)cc2)c1.[Na+]. The molecule has 0 radical (unpaired) electrons. The van der Waals surface area contributed by atoms with Crippen molar-refractivity contribution in [3.8, 4) is 11.1 Å². The number of amides is 1. The van der Waals surface area contributed by atoms with Crippen LogP contribution in [0.4, 0.5) is 0 Å². The number of carbonyl (C=O) groups excluding carboxylic acids is 2. The summed E-state index contributed by atoms with van der Waals surface area (Å²) in [5, 5.41) is 1.63. The normalized spacial score (nSPS) is 10.9. The topological polar surface area (TPSA) is 91.6 Å². The van der Waals surface area contributed by atoms with Gasteiger partial charge in [0.2, 0.25) is 0 Å². The van der Waals surface area contributed by atoms with Gasteiger partial charge in [-0.3, -0.25) is 4.79 Å². The number of aryl methyl sites for hydroxylation is 2. The van der Waals surface area contributed by atoms with E-state index in [9.17, 15) is 18.0 Å². The Balaban J connectivity index is 0.00000400. The van der Waals surface area contributed by atoms with Crippen LogP contribution in [0, 0.1) is 6.92 Å². The number of carbonyl (C=O) groups is 2. The number of benzene rings is 3. The van der Waals surface area contributed by atoms with Crippen molar-refractivity contribution in [1.29, 1.82) is 0 Å². The minimum Gasteiger partial charge on any atom is -0.541 e. The molecule has 0 fully saturated rings. The van der Waals surface area contributed by atoms with E-state index in [1.807, 2.05) is 79.7 Å². The quantitative estimate of drug-likeness (QED) is 0.221. The second-order valence-corrected chi connectivity index (χ2v) is 11.4. The smallest absolute Gasteiger partial charge is 0.541 e. The zero-order valence-electron chi connectivity index (χ0n) is 21.3. The van der Waals surface area contributed by atoms with Gasteiger partial charge in [-0.2, -0.15) is 0 Å². The molecule has 9 heteroatoms. The van der Waals surface area contributed by atoms with E-state index in [0.717, 1.165) is 44.7 Å². The first kappa shape index (κ1) is 29.8. The largest absolute Gasteiger partial charge is 1.00 e. The summed E-state index contributed by atoms with van der Waals surface area (Å²) in [6.07, 6.45) is 0.570. The molecule has 3 aromatic carbocycles. The van der Waals surface area contributed by atoms with Gasteiger partial charge in [0, 0.05) is 0 Å². The second-order valence-electron chi connectivity index (χ2n) is 8.57. The van der Waals surface area contributed by atoms with Crippen LogP contribution in [0.5, 0.6) is 0 Å². The molecule has 0 spiro atoms. The summed E-state index contributed by atoms with van der Waals surface area (Å²) < 4.78 is 33.4. The maximum Gasteiger partial charge on any atom is 1.00 e. The van der Waals surface area contributed by atoms with Crippen molar-refractivity contribution in [3.63, 3.8) is 0 Å². The Bertz CT molecular complexity index is 1480. The molecule has 0 unspecified atom stereocenters. The van der Waals surface area contributed by atoms with Crippen LogP contribution in [0.2, 0.25) is 0 Å². The van der Waals surface area contributed by atoms with Gasteiger partial charge in [0.15, 0.2) is 0 Å². The maximum atomic E-state index is 12.3. The molecule has 0 bridgehead atoms. The molecule has 0 N–H and O–H groups in total. The van der Waals surface area contributed by atoms with E-state index in [1.165, 1.54) is 6.07 Å². The van der Waals surface area contributed by atoms with E-state index in [-0.39, 0.29) is 59.2 Å². The average Bonchev–Trinajstić information content (AvgIpc) is 3.43. The summed E-state index contributed by atoms with van der Waals surface area (Å²) in [5.74, 6) is -0.956. The molecule has 0 atom stereocenters. The third-order valence-corrected chi connectivity index (χ3v) is 8.36. The Labute approximate surface area is 249 Å². The number of ether oxygens (including phenoxy) is 1. The van der Waals surface area contributed by atoms with E-state index in [1.54, 1.807) is 11.4 Å². The fourth-order valence-corrected chi connectivity index (χ4v) is 5.79. The summed E-state index contributed by atoms with van der Waals surface area (Å²) in [6.45, 7) is 2.17. The van der Waals surface area contributed by atoms with E-state index in [0.29, 0.717) is 6.42 Å². The van der Waals surface area contributed by atoms with Gasteiger partial charge in [0.1, 0.15) is 20.8 Å². The van der Waals surface area contributed by atoms with Crippen molar-refractivity contribution in [3.05, 3.63) is 117 Å². The molecule has 38 heavy (non-hydrogen) atoms. The molecule has 1 aromatic heterocycles. The van der Waals surface area contributed by atoms with Crippen molar-refractivity contribution < 1.29 is 52.3 Å². The van der Waals surface area contributed by atoms with Crippen LogP contribution in [0.15, 0.2) is 94.5 Å². The molecule has 6 nitrogen and oxygen atoms in total. The van der Waals surface area contributed by atoms with E-state index in [4.69, 9.17) is 4.74 Å². The van der Waals surface area contributed by atoms with Gasteiger partial charge in [0.25, 0.3) is 0 Å². The molecule has 0 aliphatic rings. The molecule has 1 heterocycles. The average molecular weight is 556 g/mol. The number of rotatable bonds is 10. The van der Waals surface area contributed by atoms with Crippen LogP contribution in [0.25, 0.3) is 15.8 Å². The van der Waals surface area contributed by atoms with Gasteiger partial charge in [-0.15, -0.1) is 11.3 Å². The van der Waals surface area contributed by atoms with Crippen molar-refractivity contribution in [1.82, 2.24) is 0 Å². The monoisotopic (exact) mass is 555 g/mol. The van der Waals surface area contributed by atoms with Crippen molar-refractivity contribution in [2.45, 2.75) is 37.0 Å². The Kier molecular flexibility index (Phi) is 10.9. The molecule has 4 rings (SSSR count). The van der Waals surface area contributed by atoms with Gasteiger partial charge >= 0.3 is 35.5 Å². The Morgan fingerprint density at radius 3 is 2.37 bits per heavy atom. The first-order valence-electron chi connectivity index (χ1n) is 11.7. The molecular formula is C29H26NNaO5S2. The summed E-state index contributed by atoms with van der Waals surface area (Å²) in [5.41, 5.74) is 5.69. The number of nitrogens with zero attached hydrogens (tertiary/aromatic N) is 1. The number of hydrogen-bond acceptors (Lipinski definition) is 6. The van der Waals surface area contributed by atoms with E-state index < -0.39 is 15.9 Å². The van der Waals surface area contributed by atoms with Gasteiger partial charge in [-0.25, -0.2) is 8.42 Å². The summed E-state index contributed by atoms with van der Waals surface area (Å²) in [7, 11) is -3.96. The van der Waals surface area contributed by atoms with Gasteiger partial charge in [-0.05, 0) is 59.0 Å². The zero-order valence-corrected chi connectivity index (χ0v) is 24.9. The van der Waals surface area contributed by atoms with Crippen LogP contribution >= 0.6 is 11.3 Å². The third kappa shape index (κ3) is 8.38. The minimum absolute atomic E-state index is 0. The van der Waals surface area contributed by atoms with Crippen molar-refractivity contribution in [2.24, 2.45) is 0 Å². The Morgan fingerprint density at radius 2 is 1.66 bits per heavy atom. The number of hydrogen-bond donors (Lipinski definition) is 0. The minimum atomic E-state index is -3.96. The van der Waals surface area contributed by atoms with E-state index >= 15 is 0 Å². The summed E-state index contributed by atoms with van der Waals surface area (Å²) in [4.78, 5) is 24.5. The first-order chi connectivity index (χ1) is 17.8. The van der Waals surface area contributed by atoms with Crippen LogP contribution in [-0.2, 0) is 43.8 Å². The standard InChI is InChI=1S/C29H27NO5S2.Na/c1-21-6-4-7-23(18-21)19-28(32)35-20-22-11-13-25(14-12-22)26-9-3-2-8-24(26)15-16-27(31)30-37(33,34)29-10-5-17-36-29;/h2-14,17-18H,15-16,19-20H2,1H3,(H,30,31);/q;+1/p-1. The van der Waals surface area contributed by atoms with Gasteiger partial charge in [0.05, 0.1) is 12.3 Å². The van der Waals surface area contributed by atoms with E-state index in [2.05, 4.69) is 4.72 Å². The number of sulfonamides is 1. The predicted octanol–water partition coefficient (Wildman–Crippen LogP) is 3.24. The predicted molar refractivity (Wildman–Crippen MR) is 145 cm³/mol. The van der Waals surface area contributed by atoms with Gasteiger partial charge < -0.3 is 14.3 Å². The molecule has 0 aliphatic heterocycles. The zero-order chi connectivity index (χ0) is 26.3. The van der Waals surface area contributed by atoms with Crippen molar-refractivity contribution >= 4 is 33.2 Å². The molecule has 0 saturated heterocycles. The summed E-state index contributed by atoms with van der Waals surface area (Å²) >= 11 is 1.03. The Hall–Kier alpha value is -2.75. The number of thiophene rings is 1. The molecule has 4 aromatic rings. The third-order valence-electron chi connectivity index (χ3n) is 5.69. The molecular weight excluding hydrogens is 529 g/mol. The van der Waals surface area contributed by atoms with Gasteiger partial charge in [-0.1, -0.05) is 84.4 Å². The van der Waals surface area contributed by atoms with Crippen LogP contribution in [0.1, 0.15) is 28.7 Å². The van der Waals surface area contributed by atoms with Crippen molar-refractivity contribution in [2.75, 3.05) is 0 Å². The Morgan fingerprint density at radius 1 is 0.895 bits per heavy atom. The summed E-state index contributed by atoms with van der Waals surface area (Å²) in [6, 6.07) is 26.2.